The Labute approximate surface area is 218 Å². The third-order valence-electron chi connectivity index (χ3n) is 6.02. The Morgan fingerprint density at radius 2 is 1.91 bits per heavy atom. The monoisotopic (exact) mass is 534 g/mol. The molecule has 1 atom stereocenters. The van der Waals surface area contributed by atoms with Gasteiger partial charge in [-0.25, -0.2) is 4.39 Å². The molecule has 1 aromatic heterocycles. The van der Waals surface area contributed by atoms with Crippen LogP contribution in [0.4, 0.5) is 4.39 Å². The Hall–Kier alpha value is -2.45. The van der Waals surface area contributed by atoms with E-state index in [0.29, 0.717) is 41.7 Å². The zero-order valence-corrected chi connectivity index (χ0v) is 21.5. The molecule has 4 rings (SSSR count). The molecule has 1 aliphatic heterocycles. The number of hydrogen-bond donors (Lipinski definition) is 0. The van der Waals surface area contributed by atoms with E-state index in [2.05, 4.69) is 0 Å². The van der Waals surface area contributed by atoms with Gasteiger partial charge >= 0.3 is 0 Å². The third-order valence-corrected chi connectivity index (χ3v) is 7.58. The number of methoxy groups -OCH3 is 1. The Kier molecular flexibility index (Phi) is 8.44. The SMILES string of the molecule is COCCCN(CC(=O)N1CCc2sccc2C1c1ccc(Cl)cc1Cl)C(=O)c1ccc(F)cc1. The largest absolute Gasteiger partial charge is 0.385 e. The van der Waals surface area contributed by atoms with Gasteiger partial charge in [-0.1, -0.05) is 29.3 Å². The van der Waals surface area contributed by atoms with Crippen molar-refractivity contribution in [1.29, 1.82) is 0 Å². The molecule has 0 fully saturated rings. The van der Waals surface area contributed by atoms with Crippen LogP contribution < -0.4 is 0 Å². The molecule has 0 bridgehead atoms. The van der Waals surface area contributed by atoms with E-state index in [1.165, 1.54) is 34.0 Å². The van der Waals surface area contributed by atoms with Gasteiger partial charge in [0.25, 0.3) is 5.91 Å². The van der Waals surface area contributed by atoms with E-state index in [0.717, 1.165) is 17.5 Å². The quantitative estimate of drug-likeness (QED) is 0.340. The number of amides is 2. The number of halogens is 3. The lowest BCUT2D eigenvalue weighted by Gasteiger charge is -2.38. The summed E-state index contributed by atoms with van der Waals surface area (Å²) in [6.45, 7) is 1.18. The fourth-order valence-electron chi connectivity index (χ4n) is 4.32. The molecule has 1 unspecified atom stereocenters. The number of benzene rings is 2. The van der Waals surface area contributed by atoms with E-state index in [4.69, 9.17) is 27.9 Å². The van der Waals surface area contributed by atoms with E-state index in [-0.39, 0.29) is 24.4 Å². The van der Waals surface area contributed by atoms with Crippen LogP contribution in [-0.4, -0.2) is 55.0 Å². The van der Waals surface area contributed by atoms with Gasteiger partial charge in [-0.15, -0.1) is 11.3 Å². The fraction of sp³-hybridized carbons (Fsp3) is 0.308. The first kappa shape index (κ1) is 25.6. The number of rotatable bonds is 8. The predicted octanol–water partition coefficient (Wildman–Crippen LogP) is 5.85. The highest BCUT2D eigenvalue weighted by Gasteiger charge is 2.35. The second-order valence-electron chi connectivity index (χ2n) is 8.28. The smallest absolute Gasteiger partial charge is 0.254 e. The van der Waals surface area contributed by atoms with Gasteiger partial charge in [-0.2, -0.15) is 0 Å². The summed E-state index contributed by atoms with van der Waals surface area (Å²) in [4.78, 5) is 31.4. The van der Waals surface area contributed by atoms with Crippen molar-refractivity contribution in [1.82, 2.24) is 9.80 Å². The van der Waals surface area contributed by atoms with E-state index in [1.54, 1.807) is 35.5 Å². The molecule has 2 aromatic carbocycles. The fourth-order valence-corrected chi connectivity index (χ4v) is 5.74. The summed E-state index contributed by atoms with van der Waals surface area (Å²) >= 11 is 14.4. The van der Waals surface area contributed by atoms with Crippen LogP contribution in [0.2, 0.25) is 10.0 Å². The number of fused-ring (bicyclic) bond motifs is 1. The normalized spacial score (nSPS) is 15.1. The molecule has 2 heterocycles. The van der Waals surface area contributed by atoms with Gasteiger partial charge in [0.1, 0.15) is 12.4 Å². The summed E-state index contributed by atoms with van der Waals surface area (Å²) in [7, 11) is 1.59. The van der Waals surface area contributed by atoms with Crippen LogP contribution in [0.25, 0.3) is 0 Å². The van der Waals surface area contributed by atoms with Crippen molar-refractivity contribution in [2.45, 2.75) is 18.9 Å². The van der Waals surface area contributed by atoms with Gasteiger partial charge in [-0.3, -0.25) is 9.59 Å². The van der Waals surface area contributed by atoms with Gasteiger partial charge in [0.2, 0.25) is 5.91 Å². The number of hydrogen-bond acceptors (Lipinski definition) is 4. The minimum Gasteiger partial charge on any atom is -0.385 e. The summed E-state index contributed by atoms with van der Waals surface area (Å²) in [6, 6.07) is 12.3. The zero-order chi connectivity index (χ0) is 24.9. The highest BCUT2D eigenvalue weighted by Crippen LogP contribution is 2.41. The van der Waals surface area contributed by atoms with Crippen LogP contribution >= 0.6 is 34.5 Å². The van der Waals surface area contributed by atoms with Crippen molar-refractivity contribution in [3.63, 3.8) is 0 Å². The molecular formula is C26H25Cl2FN2O3S. The molecule has 0 spiro atoms. The third kappa shape index (κ3) is 5.86. The van der Waals surface area contributed by atoms with Gasteiger partial charge in [0.15, 0.2) is 0 Å². The molecule has 0 saturated heterocycles. The molecule has 3 aromatic rings. The highest BCUT2D eigenvalue weighted by atomic mass is 35.5. The first-order valence-corrected chi connectivity index (χ1v) is 12.9. The molecule has 184 valence electrons. The molecule has 0 radical (unpaired) electrons. The molecule has 1 aliphatic rings. The molecule has 35 heavy (non-hydrogen) atoms. The van der Waals surface area contributed by atoms with Gasteiger partial charge in [-0.05, 0) is 71.8 Å². The second kappa shape index (κ2) is 11.5. The Balaban J connectivity index is 1.62. The lowest BCUT2D eigenvalue weighted by atomic mass is 9.93. The lowest BCUT2D eigenvalue weighted by Crippen LogP contribution is -2.47. The summed E-state index contributed by atoms with van der Waals surface area (Å²) in [5.41, 5.74) is 2.15. The number of nitrogens with zero attached hydrogens (tertiary/aromatic N) is 2. The van der Waals surface area contributed by atoms with Crippen molar-refractivity contribution in [3.05, 3.63) is 91.3 Å². The molecule has 2 amide bonds. The molecule has 0 aliphatic carbocycles. The number of carbonyl (C=O) groups excluding carboxylic acids is 2. The van der Waals surface area contributed by atoms with E-state index >= 15 is 0 Å². The molecule has 0 N–H and O–H groups in total. The minimum absolute atomic E-state index is 0.110. The van der Waals surface area contributed by atoms with E-state index < -0.39 is 5.82 Å². The number of thiophene rings is 1. The van der Waals surface area contributed by atoms with Crippen molar-refractivity contribution >= 4 is 46.4 Å². The maximum absolute atomic E-state index is 13.7. The minimum atomic E-state index is -0.425. The Bertz CT molecular complexity index is 1200. The van der Waals surface area contributed by atoms with Crippen molar-refractivity contribution in [3.8, 4) is 0 Å². The van der Waals surface area contributed by atoms with Crippen molar-refractivity contribution in [2.75, 3.05) is 33.4 Å². The van der Waals surface area contributed by atoms with Crippen LogP contribution in [0.1, 0.15) is 38.8 Å². The van der Waals surface area contributed by atoms with Crippen LogP contribution in [0.15, 0.2) is 53.9 Å². The molecular weight excluding hydrogens is 510 g/mol. The van der Waals surface area contributed by atoms with Crippen LogP contribution in [0.5, 0.6) is 0 Å². The Morgan fingerprint density at radius 3 is 2.63 bits per heavy atom. The van der Waals surface area contributed by atoms with Gasteiger partial charge in [0.05, 0.1) is 6.04 Å². The molecule has 5 nitrogen and oxygen atoms in total. The molecule has 0 saturated carbocycles. The second-order valence-corrected chi connectivity index (χ2v) is 10.1. The van der Waals surface area contributed by atoms with Crippen LogP contribution in [0, 0.1) is 5.82 Å². The standard InChI is InChI=1S/C26H25Cl2FN2O3S/c1-34-13-2-11-30(26(33)17-3-6-19(29)7-4-17)16-24(32)31-12-9-23-21(10-14-35-23)25(31)20-8-5-18(27)15-22(20)28/h3-8,10,14-15,25H,2,9,11-13,16H2,1H3. The average Bonchev–Trinajstić information content (AvgIpc) is 3.32. The average molecular weight is 535 g/mol. The van der Waals surface area contributed by atoms with E-state index in [1.807, 2.05) is 17.5 Å². The van der Waals surface area contributed by atoms with Crippen LogP contribution in [-0.2, 0) is 16.0 Å². The Morgan fingerprint density at radius 1 is 1.14 bits per heavy atom. The summed E-state index contributed by atoms with van der Waals surface area (Å²) in [6.07, 6.45) is 1.30. The van der Waals surface area contributed by atoms with Gasteiger partial charge < -0.3 is 14.5 Å². The number of ether oxygens (including phenoxy) is 1. The maximum atomic E-state index is 13.7. The maximum Gasteiger partial charge on any atom is 0.254 e. The first-order chi connectivity index (χ1) is 16.9. The lowest BCUT2D eigenvalue weighted by molar-refractivity contribution is -0.134. The zero-order valence-electron chi connectivity index (χ0n) is 19.2. The van der Waals surface area contributed by atoms with Gasteiger partial charge in [0, 0.05) is 47.3 Å². The van der Waals surface area contributed by atoms with Crippen molar-refractivity contribution in [2.24, 2.45) is 0 Å². The summed E-state index contributed by atoms with van der Waals surface area (Å²) < 4.78 is 18.5. The highest BCUT2D eigenvalue weighted by molar-refractivity contribution is 7.10. The molecule has 9 heteroatoms. The van der Waals surface area contributed by atoms with Crippen molar-refractivity contribution < 1.29 is 18.7 Å². The summed E-state index contributed by atoms with van der Waals surface area (Å²) in [5, 5.41) is 3.02. The topological polar surface area (TPSA) is 49.9 Å². The summed E-state index contributed by atoms with van der Waals surface area (Å²) in [5.74, 6) is -0.944. The van der Waals surface area contributed by atoms with Crippen LogP contribution in [0.3, 0.4) is 0 Å². The first-order valence-electron chi connectivity index (χ1n) is 11.2. The number of carbonyl (C=O) groups is 2. The predicted molar refractivity (Wildman–Crippen MR) is 137 cm³/mol. The van der Waals surface area contributed by atoms with E-state index in [9.17, 15) is 14.0 Å².